The largest absolute Gasteiger partial charge is 0.394 e. The van der Waals surface area contributed by atoms with Crippen LogP contribution in [0.5, 0.6) is 0 Å². The number of rotatable bonds is 9. The van der Waals surface area contributed by atoms with Gasteiger partial charge in [0, 0.05) is 26.9 Å². The average Bonchev–Trinajstić information content (AvgIpc) is 2.36. The molecular formula is C11H22N2O6. The molecule has 2 amide bonds. The van der Waals surface area contributed by atoms with Crippen LogP contribution in [0.4, 0.5) is 0 Å². The molecule has 0 saturated carbocycles. The number of aliphatic hydroxyl groups is 3. The fourth-order valence-electron chi connectivity index (χ4n) is 1.30. The zero-order chi connectivity index (χ0) is 14.8. The van der Waals surface area contributed by atoms with Crippen molar-refractivity contribution in [3.05, 3.63) is 0 Å². The second kappa shape index (κ2) is 9.68. The minimum absolute atomic E-state index is 0.115. The van der Waals surface area contributed by atoms with Crippen molar-refractivity contribution in [2.24, 2.45) is 0 Å². The molecule has 112 valence electrons. The van der Waals surface area contributed by atoms with Gasteiger partial charge in [-0.15, -0.1) is 0 Å². The van der Waals surface area contributed by atoms with Crippen molar-refractivity contribution in [3.63, 3.8) is 0 Å². The van der Waals surface area contributed by atoms with E-state index in [1.165, 1.54) is 13.8 Å². The topological polar surface area (TPSA) is 128 Å². The third kappa shape index (κ3) is 8.49. The number of ether oxygens (including phenoxy) is 1. The van der Waals surface area contributed by atoms with Crippen molar-refractivity contribution in [1.82, 2.24) is 10.6 Å². The average molecular weight is 278 g/mol. The lowest BCUT2D eigenvalue weighted by Crippen LogP contribution is -2.46. The van der Waals surface area contributed by atoms with Gasteiger partial charge in [-0.05, 0) is 0 Å². The van der Waals surface area contributed by atoms with E-state index in [0.29, 0.717) is 0 Å². The third-order valence-electron chi connectivity index (χ3n) is 2.32. The first-order chi connectivity index (χ1) is 8.90. The Balaban J connectivity index is 4.43. The molecule has 2 unspecified atom stereocenters. The standard InChI is InChI=1S/C11H22N2O6/c1-7(16)12-3-9(4-13-8(2)17)19-11(6-15)10(18)5-14/h9-11,14-15,18H,3-6H2,1-2H3,(H,12,16)(H,13,17). The normalized spacial score (nSPS) is 14.0. The highest BCUT2D eigenvalue weighted by atomic mass is 16.5. The van der Waals surface area contributed by atoms with E-state index in [-0.39, 0.29) is 24.9 Å². The molecule has 0 heterocycles. The molecule has 0 aromatic heterocycles. The molecular weight excluding hydrogens is 256 g/mol. The maximum Gasteiger partial charge on any atom is 0.216 e. The molecule has 5 N–H and O–H groups in total. The molecule has 0 aliphatic rings. The van der Waals surface area contributed by atoms with E-state index in [9.17, 15) is 14.7 Å². The fraction of sp³-hybridized carbons (Fsp3) is 0.818. The Bertz CT molecular complexity index is 268. The summed E-state index contributed by atoms with van der Waals surface area (Å²) in [6.45, 7) is 1.86. The van der Waals surface area contributed by atoms with Crippen molar-refractivity contribution in [2.45, 2.75) is 32.2 Å². The van der Waals surface area contributed by atoms with Crippen molar-refractivity contribution in [3.8, 4) is 0 Å². The maximum absolute atomic E-state index is 10.8. The molecule has 0 bridgehead atoms. The van der Waals surface area contributed by atoms with Crippen LogP contribution in [-0.2, 0) is 14.3 Å². The van der Waals surface area contributed by atoms with Crippen LogP contribution in [0, 0.1) is 0 Å². The molecule has 2 atom stereocenters. The van der Waals surface area contributed by atoms with Crippen LogP contribution in [0.15, 0.2) is 0 Å². The second-order valence-corrected chi connectivity index (χ2v) is 4.10. The first kappa shape index (κ1) is 17.8. The summed E-state index contributed by atoms with van der Waals surface area (Å²) >= 11 is 0. The predicted molar refractivity (Wildman–Crippen MR) is 66.2 cm³/mol. The van der Waals surface area contributed by atoms with Gasteiger partial charge in [-0.3, -0.25) is 9.59 Å². The summed E-state index contributed by atoms with van der Waals surface area (Å²) in [4.78, 5) is 21.7. The van der Waals surface area contributed by atoms with Gasteiger partial charge in [-0.1, -0.05) is 0 Å². The number of carbonyl (C=O) groups excluding carboxylic acids is 2. The molecule has 0 rings (SSSR count). The molecule has 0 fully saturated rings. The number of aliphatic hydroxyl groups excluding tert-OH is 3. The first-order valence-corrected chi connectivity index (χ1v) is 5.94. The van der Waals surface area contributed by atoms with Crippen molar-refractivity contribution < 1.29 is 29.6 Å². The van der Waals surface area contributed by atoms with Crippen LogP contribution in [0.1, 0.15) is 13.8 Å². The third-order valence-corrected chi connectivity index (χ3v) is 2.32. The zero-order valence-corrected chi connectivity index (χ0v) is 11.1. The SMILES string of the molecule is CC(=O)NCC(CNC(C)=O)OC(CO)C(O)CO. The smallest absolute Gasteiger partial charge is 0.216 e. The second-order valence-electron chi connectivity index (χ2n) is 4.10. The van der Waals surface area contributed by atoms with E-state index in [2.05, 4.69) is 10.6 Å². The Morgan fingerprint density at radius 1 is 1.05 bits per heavy atom. The minimum atomic E-state index is -1.23. The molecule has 0 spiro atoms. The maximum atomic E-state index is 10.8. The van der Waals surface area contributed by atoms with Gasteiger partial charge in [0.1, 0.15) is 12.2 Å². The highest BCUT2D eigenvalue weighted by molar-refractivity contribution is 5.73. The van der Waals surface area contributed by atoms with Gasteiger partial charge in [0.25, 0.3) is 0 Å². The minimum Gasteiger partial charge on any atom is -0.394 e. The summed E-state index contributed by atoms with van der Waals surface area (Å²) in [5.74, 6) is -0.528. The zero-order valence-electron chi connectivity index (χ0n) is 11.1. The van der Waals surface area contributed by atoms with E-state index in [1.54, 1.807) is 0 Å². The molecule has 0 aromatic carbocycles. The Kier molecular flexibility index (Phi) is 9.06. The molecule has 0 aliphatic heterocycles. The van der Waals surface area contributed by atoms with E-state index in [1.807, 2.05) is 0 Å². The number of hydrogen-bond donors (Lipinski definition) is 5. The lowest BCUT2D eigenvalue weighted by atomic mass is 10.2. The Labute approximate surface area is 111 Å². The molecule has 0 aromatic rings. The highest BCUT2D eigenvalue weighted by Gasteiger charge is 2.23. The van der Waals surface area contributed by atoms with E-state index in [0.717, 1.165) is 0 Å². The van der Waals surface area contributed by atoms with Gasteiger partial charge in [-0.25, -0.2) is 0 Å². The van der Waals surface area contributed by atoms with Crippen LogP contribution in [0.2, 0.25) is 0 Å². The monoisotopic (exact) mass is 278 g/mol. The van der Waals surface area contributed by atoms with Crippen LogP contribution < -0.4 is 10.6 Å². The summed E-state index contributed by atoms with van der Waals surface area (Å²) < 4.78 is 5.36. The number of carbonyl (C=O) groups is 2. The van der Waals surface area contributed by atoms with E-state index >= 15 is 0 Å². The lowest BCUT2D eigenvalue weighted by Gasteiger charge is -2.26. The van der Waals surface area contributed by atoms with Crippen LogP contribution >= 0.6 is 0 Å². The molecule has 19 heavy (non-hydrogen) atoms. The molecule has 8 heteroatoms. The van der Waals surface area contributed by atoms with E-state index in [4.69, 9.17) is 14.9 Å². The highest BCUT2D eigenvalue weighted by Crippen LogP contribution is 2.03. The predicted octanol–water partition coefficient (Wildman–Crippen LogP) is -2.64. The van der Waals surface area contributed by atoms with Crippen molar-refractivity contribution in [1.29, 1.82) is 0 Å². The van der Waals surface area contributed by atoms with Gasteiger partial charge in [0.15, 0.2) is 0 Å². The number of amides is 2. The van der Waals surface area contributed by atoms with Crippen molar-refractivity contribution >= 4 is 11.8 Å². The van der Waals surface area contributed by atoms with Crippen LogP contribution in [0.25, 0.3) is 0 Å². The fourth-order valence-corrected chi connectivity index (χ4v) is 1.30. The lowest BCUT2D eigenvalue weighted by molar-refractivity contribution is -0.125. The van der Waals surface area contributed by atoms with Gasteiger partial charge >= 0.3 is 0 Å². The van der Waals surface area contributed by atoms with Crippen LogP contribution in [0.3, 0.4) is 0 Å². The summed E-state index contributed by atoms with van der Waals surface area (Å²) in [7, 11) is 0. The van der Waals surface area contributed by atoms with Gasteiger partial charge in [0.05, 0.1) is 19.3 Å². The first-order valence-electron chi connectivity index (χ1n) is 5.94. The number of nitrogens with one attached hydrogen (secondary N) is 2. The molecule has 0 aliphatic carbocycles. The van der Waals surface area contributed by atoms with Crippen molar-refractivity contribution in [2.75, 3.05) is 26.3 Å². The number of hydrogen-bond acceptors (Lipinski definition) is 6. The van der Waals surface area contributed by atoms with Gasteiger partial charge in [-0.2, -0.15) is 0 Å². The molecule has 8 nitrogen and oxygen atoms in total. The summed E-state index contributed by atoms with van der Waals surface area (Å²) in [6, 6.07) is 0. The summed E-state index contributed by atoms with van der Waals surface area (Å²) in [5, 5.41) is 32.3. The van der Waals surface area contributed by atoms with Gasteiger partial charge in [0.2, 0.25) is 11.8 Å². The van der Waals surface area contributed by atoms with Crippen LogP contribution in [-0.4, -0.2) is 71.7 Å². The summed E-state index contributed by atoms with van der Waals surface area (Å²) in [6.07, 6.45) is -2.84. The Morgan fingerprint density at radius 2 is 1.53 bits per heavy atom. The Hall–Kier alpha value is -1.22. The Morgan fingerprint density at radius 3 is 1.84 bits per heavy atom. The molecule has 0 saturated heterocycles. The molecule has 0 radical (unpaired) electrons. The van der Waals surface area contributed by atoms with E-state index < -0.39 is 31.5 Å². The van der Waals surface area contributed by atoms with Gasteiger partial charge < -0.3 is 30.7 Å². The quantitative estimate of drug-likeness (QED) is 0.313. The summed E-state index contributed by atoms with van der Waals surface area (Å²) in [5.41, 5.74) is 0.